The molecular weight excluding hydrogens is 254 g/mol. The third-order valence-corrected chi connectivity index (χ3v) is 4.32. The Kier molecular flexibility index (Phi) is 2.35. The highest BCUT2D eigenvalue weighted by molar-refractivity contribution is 7.99. The third-order valence-electron chi connectivity index (χ3n) is 3.17. The molecule has 3 aromatic rings. The summed E-state index contributed by atoms with van der Waals surface area (Å²) in [6.07, 6.45) is 1.77. The second-order valence-corrected chi connectivity index (χ2v) is 5.49. The largest absolute Gasteiger partial charge is 0.354 e. The van der Waals surface area contributed by atoms with E-state index in [1.165, 1.54) is 15.5 Å². The van der Waals surface area contributed by atoms with Gasteiger partial charge in [0.1, 0.15) is 0 Å². The molecule has 1 aliphatic heterocycles. The first-order chi connectivity index (χ1) is 9.40. The molecular formula is C15H11N3S. The van der Waals surface area contributed by atoms with E-state index in [-0.39, 0.29) is 0 Å². The van der Waals surface area contributed by atoms with Crippen molar-refractivity contribution in [2.24, 2.45) is 0 Å². The van der Waals surface area contributed by atoms with Crippen LogP contribution in [-0.2, 0) is 0 Å². The minimum atomic E-state index is 1.04. The first-order valence-electron chi connectivity index (χ1n) is 6.08. The predicted octanol–water partition coefficient (Wildman–Crippen LogP) is 4.28. The highest BCUT2D eigenvalue weighted by Gasteiger charge is 2.15. The molecule has 0 bridgehead atoms. The predicted molar refractivity (Wildman–Crippen MR) is 77.9 cm³/mol. The summed E-state index contributed by atoms with van der Waals surface area (Å²) in [7, 11) is 0. The van der Waals surface area contributed by atoms with Gasteiger partial charge in [-0.15, -0.1) is 0 Å². The average molecular weight is 265 g/mol. The Morgan fingerprint density at radius 2 is 1.79 bits per heavy atom. The number of rotatable bonds is 1. The third kappa shape index (κ3) is 1.81. The molecule has 3 nitrogen and oxygen atoms in total. The molecule has 2 heterocycles. The lowest BCUT2D eigenvalue weighted by Crippen LogP contribution is -1.99. The maximum atomic E-state index is 4.00. The summed E-state index contributed by atoms with van der Waals surface area (Å²) < 4.78 is 0. The van der Waals surface area contributed by atoms with Crippen molar-refractivity contribution < 1.29 is 0 Å². The van der Waals surface area contributed by atoms with Crippen LogP contribution < -0.4 is 5.32 Å². The minimum Gasteiger partial charge on any atom is -0.354 e. The normalized spacial score (nSPS) is 12.4. The first-order valence-corrected chi connectivity index (χ1v) is 6.89. The summed E-state index contributed by atoms with van der Waals surface area (Å²) in [5, 5.41) is 10.5. The van der Waals surface area contributed by atoms with Gasteiger partial charge in [-0.05, 0) is 30.3 Å². The molecule has 0 atom stereocenters. The number of nitrogens with one attached hydrogen (secondary N) is 2. The lowest BCUT2D eigenvalue weighted by molar-refractivity contribution is 1.09. The zero-order chi connectivity index (χ0) is 12.7. The molecule has 0 saturated carbocycles. The Balaban J connectivity index is 1.78. The van der Waals surface area contributed by atoms with E-state index < -0.39 is 0 Å². The summed E-state index contributed by atoms with van der Waals surface area (Å²) in [5.41, 5.74) is 4.50. The van der Waals surface area contributed by atoms with Gasteiger partial charge in [-0.1, -0.05) is 30.0 Å². The van der Waals surface area contributed by atoms with Crippen LogP contribution in [0.2, 0.25) is 0 Å². The fraction of sp³-hybridized carbons (Fsp3) is 0. The molecule has 19 heavy (non-hydrogen) atoms. The van der Waals surface area contributed by atoms with Crippen molar-refractivity contribution in [3.8, 4) is 11.3 Å². The van der Waals surface area contributed by atoms with E-state index in [1.807, 2.05) is 6.07 Å². The summed E-state index contributed by atoms with van der Waals surface area (Å²) in [4.78, 5) is 2.52. The van der Waals surface area contributed by atoms with E-state index in [0.717, 1.165) is 16.9 Å². The van der Waals surface area contributed by atoms with E-state index in [9.17, 15) is 0 Å². The van der Waals surface area contributed by atoms with Crippen molar-refractivity contribution in [3.05, 3.63) is 54.7 Å². The topological polar surface area (TPSA) is 40.7 Å². The number of hydrogen-bond donors (Lipinski definition) is 2. The van der Waals surface area contributed by atoms with E-state index in [1.54, 1.807) is 18.0 Å². The van der Waals surface area contributed by atoms with Gasteiger partial charge in [0.2, 0.25) is 0 Å². The van der Waals surface area contributed by atoms with Crippen molar-refractivity contribution in [1.82, 2.24) is 10.2 Å². The highest BCUT2D eigenvalue weighted by atomic mass is 32.2. The van der Waals surface area contributed by atoms with E-state index in [2.05, 4.69) is 58.0 Å². The summed E-state index contributed by atoms with van der Waals surface area (Å²) in [6, 6.07) is 16.8. The van der Waals surface area contributed by atoms with Crippen molar-refractivity contribution in [1.29, 1.82) is 0 Å². The Labute approximate surface area is 115 Å². The van der Waals surface area contributed by atoms with Gasteiger partial charge >= 0.3 is 0 Å². The smallest absolute Gasteiger partial charge is 0.0650 e. The Morgan fingerprint density at radius 3 is 2.68 bits per heavy atom. The van der Waals surface area contributed by atoms with Gasteiger partial charge in [0.25, 0.3) is 0 Å². The average Bonchev–Trinajstić information content (AvgIpc) is 2.98. The molecule has 0 saturated heterocycles. The quantitative estimate of drug-likeness (QED) is 0.539. The van der Waals surface area contributed by atoms with Gasteiger partial charge < -0.3 is 5.32 Å². The van der Waals surface area contributed by atoms with Crippen LogP contribution in [0.1, 0.15) is 0 Å². The molecule has 2 aromatic carbocycles. The lowest BCUT2D eigenvalue weighted by Gasteiger charge is -2.21. The first kappa shape index (κ1) is 10.7. The van der Waals surface area contributed by atoms with E-state index in [4.69, 9.17) is 0 Å². The van der Waals surface area contributed by atoms with Crippen molar-refractivity contribution in [3.63, 3.8) is 0 Å². The molecule has 4 rings (SSSR count). The van der Waals surface area contributed by atoms with Gasteiger partial charge in [-0.25, -0.2) is 0 Å². The molecule has 0 spiro atoms. The zero-order valence-electron chi connectivity index (χ0n) is 10.1. The van der Waals surface area contributed by atoms with Crippen molar-refractivity contribution >= 4 is 23.1 Å². The number of fused-ring (bicyclic) bond motifs is 2. The molecule has 1 aliphatic rings. The molecule has 0 amide bonds. The maximum Gasteiger partial charge on any atom is 0.0650 e. The monoisotopic (exact) mass is 265 g/mol. The van der Waals surface area contributed by atoms with Crippen LogP contribution in [-0.4, -0.2) is 10.2 Å². The summed E-state index contributed by atoms with van der Waals surface area (Å²) >= 11 is 1.80. The van der Waals surface area contributed by atoms with Crippen LogP contribution in [0.25, 0.3) is 11.3 Å². The van der Waals surface area contributed by atoms with Crippen LogP contribution in [0, 0.1) is 0 Å². The highest BCUT2D eigenvalue weighted by Crippen LogP contribution is 2.44. The van der Waals surface area contributed by atoms with Crippen LogP contribution >= 0.6 is 11.8 Å². The molecule has 1 aromatic heterocycles. The van der Waals surface area contributed by atoms with Gasteiger partial charge in [0.15, 0.2) is 0 Å². The zero-order valence-corrected chi connectivity index (χ0v) is 10.9. The Bertz CT molecular complexity index is 735. The number of aromatic nitrogens is 2. The van der Waals surface area contributed by atoms with Crippen molar-refractivity contribution in [2.45, 2.75) is 9.79 Å². The second-order valence-electron chi connectivity index (χ2n) is 4.40. The second kappa shape index (κ2) is 4.17. The van der Waals surface area contributed by atoms with E-state index >= 15 is 0 Å². The molecule has 0 fully saturated rings. The van der Waals surface area contributed by atoms with Gasteiger partial charge in [0, 0.05) is 21.6 Å². The molecule has 0 unspecified atom stereocenters. The van der Waals surface area contributed by atoms with Crippen LogP contribution in [0.4, 0.5) is 11.4 Å². The van der Waals surface area contributed by atoms with Crippen LogP contribution in [0.3, 0.4) is 0 Å². The minimum absolute atomic E-state index is 1.04. The fourth-order valence-corrected chi connectivity index (χ4v) is 3.19. The SMILES string of the molecule is c1ccc2c(c1)Nc1cc(-c3ccn[nH]3)ccc1S2. The number of nitrogens with zero attached hydrogens (tertiary/aromatic N) is 1. The number of para-hydroxylation sites is 1. The number of hydrogen-bond acceptors (Lipinski definition) is 3. The number of aromatic amines is 1. The molecule has 0 aliphatic carbocycles. The number of benzene rings is 2. The summed E-state index contributed by atoms with van der Waals surface area (Å²) in [6.45, 7) is 0. The Morgan fingerprint density at radius 1 is 0.895 bits per heavy atom. The van der Waals surface area contributed by atoms with Crippen molar-refractivity contribution in [2.75, 3.05) is 5.32 Å². The number of H-pyrrole nitrogens is 1. The molecule has 4 heteroatoms. The molecule has 0 radical (unpaired) electrons. The Hall–Kier alpha value is -2.20. The fourth-order valence-electron chi connectivity index (χ4n) is 2.22. The van der Waals surface area contributed by atoms with Gasteiger partial charge in [-0.2, -0.15) is 5.10 Å². The maximum absolute atomic E-state index is 4.00. The van der Waals surface area contributed by atoms with Crippen LogP contribution in [0.5, 0.6) is 0 Å². The molecule has 92 valence electrons. The standard InChI is InChI=1S/C15H11N3S/c1-2-4-14-12(3-1)17-13-9-10(5-6-15(13)19-14)11-7-8-16-18-11/h1-9,17H,(H,16,18). The molecule has 2 N–H and O–H groups in total. The number of anilines is 2. The van der Waals surface area contributed by atoms with Crippen LogP contribution in [0.15, 0.2) is 64.5 Å². The van der Waals surface area contributed by atoms with E-state index in [0.29, 0.717) is 0 Å². The van der Waals surface area contributed by atoms with Gasteiger partial charge in [0.05, 0.1) is 17.1 Å². The summed E-state index contributed by atoms with van der Waals surface area (Å²) in [5.74, 6) is 0. The van der Waals surface area contributed by atoms with Gasteiger partial charge in [-0.3, -0.25) is 5.10 Å². The lowest BCUT2D eigenvalue weighted by atomic mass is 10.1.